The number of aryl methyl sites for hydroxylation is 1. The number of ether oxygens (including phenoxy) is 1. The first-order valence-corrected chi connectivity index (χ1v) is 7.65. The number of hydrogen-bond donors (Lipinski definition) is 2. The van der Waals surface area contributed by atoms with E-state index in [1.165, 1.54) is 0 Å². The van der Waals surface area contributed by atoms with Crippen LogP contribution in [0.3, 0.4) is 0 Å². The molecule has 8 heteroatoms. The van der Waals surface area contributed by atoms with Crippen LogP contribution in [0.15, 0.2) is 33.8 Å². The van der Waals surface area contributed by atoms with E-state index in [9.17, 15) is 0 Å². The molecule has 0 saturated carbocycles. The van der Waals surface area contributed by atoms with Crippen molar-refractivity contribution in [1.82, 2.24) is 20.8 Å². The first-order chi connectivity index (χ1) is 11.2. The molecule has 0 spiro atoms. The average Bonchev–Trinajstić information content (AvgIpc) is 2.98. The number of halogens is 1. The Hall–Kier alpha value is -1.84. The third-order valence-corrected chi connectivity index (χ3v) is 3.12. The zero-order chi connectivity index (χ0) is 16.5. The van der Waals surface area contributed by atoms with Crippen molar-refractivity contribution in [2.45, 2.75) is 26.8 Å². The van der Waals surface area contributed by atoms with Crippen LogP contribution in [0.4, 0.5) is 0 Å². The van der Waals surface area contributed by atoms with Gasteiger partial charge in [0.2, 0.25) is 5.89 Å². The summed E-state index contributed by atoms with van der Waals surface area (Å²) in [7, 11) is 1.66. The molecule has 7 nitrogen and oxygen atoms in total. The Labute approximate surface area is 159 Å². The maximum Gasteiger partial charge on any atom is 0.228 e. The normalized spacial score (nSPS) is 10.9. The van der Waals surface area contributed by atoms with Crippen LogP contribution >= 0.6 is 24.0 Å². The van der Waals surface area contributed by atoms with Crippen molar-refractivity contribution in [2.75, 3.05) is 20.2 Å². The molecule has 0 amide bonds. The van der Waals surface area contributed by atoms with E-state index in [0.29, 0.717) is 31.2 Å². The van der Waals surface area contributed by atoms with Crippen molar-refractivity contribution in [3.05, 3.63) is 41.5 Å². The molecule has 0 aliphatic heterocycles. The summed E-state index contributed by atoms with van der Waals surface area (Å²) in [6.07, 6.45) is 0.661. The molecule has 2 rings (SSSR count). The maximum atomic E-state index is 5.15. The summed E-state index contributed by atoms with van der Waals surface area (Å²) in [6, 6.07) is 7.88. The SMILES string of the molecule is CCNC(=NCc1ccc(OC)cc1)NCCc1nc(C)no1.I. The van der Waals surface area contributed by atoms with Gasteiger partial charge < -0.3 is 19.9 Å². The highest BCUT2D eigenvalue weighted by Crippen LogP contribution is 2.11. The van der Waals surface area contributed by atoms with Crippen molar-refractivity contribution in [3.63, 3.8) is 0 Å². The molecule has 0 saturated heterocycles. The molecule has 0 fully saturated rings. The summed E-state index contributed by atoms with van der Waals surface area (Å²) in [6.45, 7) is 5.91. The molecule has 0 radical (unpaired) electrons. The van der Waals surface area contributed by atoms with Crippen LogP contribution in [-0.4, -0.2) is 36.3 Å². The Kier molecular flexibility index (Phi) is 9.13. The van der Waals surface area contributed by atoms with Crippen molar-refractivity contribution >= 4 is 29.9 Å². The van der Waals surface area contributed by atoms with Crippen LogP contribution in [0.5, 0.6) is 5.75 Å². The second-order valence-electron chi connectivity index (χ2n) is 4.96. The Balaban J connectivity index is 0.00000288. The predicted molar refractivity (Wildman–Crippen MR) is 104 cm³/mol. The van der Waals surface area contributed by atoms with Gasteiger partial charge in [0, 0.05) is 19.5 Å². The first kappa shape index (κ1) is 20.2. The molecule has 0 atom stereocenters. The summed E-state index contributed by atoms with van der Waals surface area (Å²) in [5.74, 6) is 2.89. The van der Waals surface area contributed by atoms with E-state index in [1.807, 2.05) is 31.2 Å². The van der Waals surface area contributed by atoms with E-state index in [-0.39, 0.29) is 24.0 Å². The summed E-state index contributed by atoms with van der Waals surface area (Å²) < 4.78 is 10.2. The Morgan fingerprint density at radius 3 is 2.58 bits per heavy atom. The lowest BCUT2D eigenvalue weighted by molar-refractivity contribution is 0.374. The van der Waals surface area contributed by atoms with Gasteiger partial charge in [-0.3, -0.25) is 0 Å². The van der Waals surface area contributed by atoms with Crippen LogP contribution in [0, 0.1) is 6.92 Å². The van der Waals surface area contributed by atoms with Gasteiger partial charge in [0.1, 0.15) is 5.75 Å². The highest BCUT2D eigenvalue weighted by Gasteiger charge is 2.03. The summed E-state index contributed by atoms with van der Waals surface area (Å²) in [5, 5.41) is 10.2. The molecular formula is C16H24IN5O2. The van der Waals surface area contributed by atoms with Crippen molar-refractivity contribution in [1.29, 1.82) is 0 Å². The zero-order valence-corrected chi connectivity index (χ0v) is 16.5. The number of guanidine groups is 1. The molecule has 0 unspecified atom stereocenters. The smallest absolute Gasteiger partial charge is 0.228 e. The number of nitrogens with one attached hydrogen (secondary N) is 2. The molecule has 2 N–H and O–H groups in total. The van der Waals surface area contributed by atoms with Gasteiger partial charge in [0.25, 0.3) is 0 Å². The van der Waals surface area contributed by atoms with E-state index in [4.69, 9.17) is 9.26 Å². The van der Waals surface area contributed by atoms with Gasteiger partial charge in [-0.2, -0.15) is 4.98 Å². The number of aliphatic imine (C=N–C) groups is 1. The van der Waals surface area contributed by atoms with E-state index < -0.39 is 0 Å². The minimum atomic E-state index is 0. The molecule has 132 valence electrons. The summed E-state index contributed by atoms with van der Waals surface area (Å²) >= 11 is 0. The Morgan fingerprint density at radius 1 is 1.25 bits per heavy atom. The Bertz CT molecular complexity index is 628. The average molecular weight is 445 g/mol. The number of aromatic nitrogens is 2. The van der Waals surface area contributed by atoms with Gasteiger partial charge in [0.05, 0.1) is 13.7 Å². The van der Waals surface area contributed by atoms with E-state index in [0.717, 1.165) is 23.8 Å². The maximum absolute atomic E-state index is 5.15. The standard InChI is InChI=1S/C16H23N5O2.HI/c1-4-17-16(18-10-9-15-20-12(2)21-23-15)19-11-13-5-7-14(22-3)8-6-13;/h5-8H,4,9-11H2,1-3H3,(H2,17,18,19);1H. The largest absolute Gasteiger partial charge is 0.497 e. The van der Waals surface area contributed by atoms with Crippen LogP contribution in [0.25, 0.3) is 0 Å². The molecule has 0 aliphatic carbocycles. The zero-order valence-electron chi connectivity index (χ0n) is 14.2. The number of methoxy groups -OCH3 is 1. The summed E-state index contributed by atoms with van der Waals surface area (Å²) in [4.78, 5) is 8.74. The quantitative estimate of drug-likeness (QED) is 0.387. The molecule has 1 heterocycles. The molecule has 2 aromatic rings. The van der Waals surface area contributed by atoms with E-state index in [2.05, 4.69) is 25.8 Å². The highest BCUT2D eigenvalue weighted by molar-refractivity contribution is 14.0. The van der Waals surface area contributed by atoms with Crippen molar-refractivity contribution < 1.29 is 9.26 Å². The van der Waals surface area contributed by atoms with Gasteiger partial charge >= 0.3 is 0 Å². The molecule has 24 heavy (non-hydrogen) atoms. The predicted octanol–water partition coefficient (Wildman–Crippen LogP) is 2.30. The fourth-order valence-corrected chi connectivity index (χ4v) is 1.97. The van der Waals surface area contributed by atoms with Gasteiger partial charge in [-0.15, -0.1) is 24.0 Å². The lowest BCUT2D eigenvalue weighted by Gasteiger charge is -2.10. The third kappa shape index (κ3) is 6.73. The second kappa shape index (κ2) is 10.8. The van der Waals surface area contributed by atoms with Gasteiger partial charge in [0.15, 0.2) is 11.8 Å². The van der Waals surface area contributed by atoms with Gasteiger partial charge in [-0.05, 0) is 31.5 Å². The minimum absolute atomic E-state index is 0. The lowest BCUT2D eigenvalue weighted by Crippen LogP contribution is -2.38. The number of hydrogen-bond acceptors (Lipinski definition) is 5. The monoisotopic (exact) mass is 445 g/mol. The van der Waals surface area contributed by atoms with Crippen molar-refractivity contribution in [2.24, 2.45) is 4.99 Å². The van der Waals surface area contributed by atoms with Crippen LogP contribution in [0.2, 0.25) is 0 Å². The fourth-order valence-electron chi connectivity index (χ4n) is 1.97. The minimum Gasteiger partial charge on any atom is -0.497 e. The topological polar surface area (TPSA) is 84.6 Å². The summed E-state index contributed by atoms with van der Waals surface area (Å²) in [5.41, 5.74) is 1.12. The molecule has 1 aromatic heterocycles. The van der Waals surface area contributed by atoms with Crippen LogP contribution in [-0.2, 0) is 13.0 Å². The first-order valence-electron chi connectivity index (χ1n) is 7.65. The van der Waals surface area contributed by atoms with E-state index in [1.54, 1.807) is 14.0 Å². The highest BCUT2D eigenvalue weighted by atomic mass is 127. The molecule has 0 aliphatic rings. The van der Waals surface area contributed by atoms with Gasteiger partial charge in [-0.1, -0.05) is 17.3 Å². The Morgan fingerprint density at radius 2 is 2.00 bits per heavy atom. The molecule has 1 aromatic carbocycles. The number of nitrogens with zero attached hydrogens (tertiary/aromatic N) is 3. The fraction of sp³-hybridized carbons (Fsp3) is 0.438. The lowest BCUT2D eigenvalue weighted by atomic mass is 10.2. The third-order valence-electron chi connectivity index (χ3n) is 3.12. The molecular weight excluding hydrogens is 421 g/mol. The van der Waals surface area contributed by atoms with Crippen LogP contribution < -0.4 is 15.4 Å². The number of rotatable bonds is 7. The molecule has 0 bridgehead atoms. The van der Waals surface area contributed by atoms with Gasteiger partial charge in [-0.25, -0.2) is 4.99 Å². The van der Waals surface area contributed by atoms with Crippen molar-refractivity contribution in [3.8, 4) is 5.75 Å². The number of benzene rings is 1. The second-order valence-corrected chi connectivity index (χ2v) is 4.96. The van der Waals surface area contributed by atoms with Crippen LogP contribution in [0.1, 0.15) is 24.2 Å². The van der Waals surface area contributed by atoms with E-state index >= 15 is 0 Å².